The molecule has 29 heavy (non-hydrogen) atoms. The van der Waals surface area contributed by atoms with E-state index in [2.05, 4.69) is 0 Å². The second kappa shape index (κ2) is 7.72. The average molecular weight is 459 g/mol. The van der Waals surface area contributed by atoms with Gasteiger partial charge < -0.3 is 0 Å². The molecule has 0 fully saturated rings. The molecule has 4 nitrogen and oxygen atoms in total. The van der Waals surface area contributed by atoms with Gasteiger partial charge in [-0.1, -0.05) is 41.6 Å². The van der Waals surface area contributed by atoms with Crippen molar-refractivity contribution in [2.45, 2.75) is 24.4 Å². The monoisotopic (exact) mass is 458 g/mol. The van der Waals surface area contributed by atoms with Gasteiger partial charge in [0.05, 0.1) is 26.0 Å². The van der Waals surface area contributed by atoms with Crippen LogP contribution in [0.4, 0.5) is 0 Å². The number of benzene rings is 1. The van der Waals surface area contributed by atoms with E-state index in [1.807, 2.05) is 30.3 Å². The number of aryl methyl sites for hydroxylation is 2. The minimum Gasteiger partial charge on any atom is -0.292 e. The number of thioether (sulfide) groups is 1. The number of hydrogen-bond acceptors (Lipinski definition) is 6. The van der Waals surface area contributed by atoms with Gasteiger partial charge in [0.1, 0.15) is 4.83 Å². The minimum atomic E-state index is -0.0466. The Kier molecular flexibility index (Phi) is 5.07. The van der Waals surface area contributed by atoms with Gasteiger partial charge in [-0.25, -0.2) is 4.98 Å². The summed E-state index contributed by atoms with van der Waals surface area (Å²) in [5.41, 5.74) is 1.88. The molecule has 8 heteroatoms. The molecule has 1 aliphatic carbocycles. The predicted octanol–water partition coefficient (Wildman–Crippen LogP) is 5.63. The van der Waals surface area contributed by atoms with Crippen LogP contribution < -0.4 is 5.56 Å². The molecule has 5 rings (SSSR count). The lowest BCUT2D eigenvalue weighted by atomic mass is 10.2. The van der Waals surface area contributed by atoms with Gasteiger partial charge in [0.2, 0.25) is 0 Å². The molecule has 1 aliphatic rings. The van der Waals surface area contributed by atoms with Crippen LogP contribution in [0.25, 0.3) is 15.9 Å². The maximum absolute atomic E-state index is 13.5. The Hall–Kier alpha value is -1.93. The summed E-state index contributed by atoms with van der Waals surface area (Å²) in [6, 6.07) is 13.0. The molecule has 1 aromatic carbocycles. The number of carbonyl (C=O) groups excluding carboxylic acids is 1. The average Bonchev–Trinajstić information content (AvgIpc) is 3.42. The van der Waals surface area contributed by atoms with Gasteiger partial charge in [-0.05, 0) is 49.1 Å². The minimum absolute atomic E-state index is 0.0190. The number of halogens is 1. The molecular formula is C21H15ClN2O2S3. The Morgan fingerprint density at radius 1 is 1.14 bits per heavy atom. The summed E-state index contributed by atoms with van der Waals surface area (Å²) in [6.07, 6.45) is 3.04. The Morgan fingerprint density at radius 3 is 2.72 bits per heavy atom. The van der Waals surface area contributed by atoms with E-state index < -0.39 is 0 Å². The van der Waals surface area contributed by atoms with Crippen molar-refractivity contribution in [3.8, 4) is 5.69 Å². The second-order valence-electron chi connectivity index (χ2n) is 6.72. The Labute approximate surface area is 184 Å². The third kappa shape index (κ3) is 3.46. The van der Waals surface area contributed by atoms with Crippen LogP contribution in [0.5, 0.6) is 0 Å². The molecule has 146 valence electrons. The third-order valence-electron chi connectivity index (χ3n) is 4.90. The SMILES string of the molecule is O=C(CSc1nc2sc3c(c2c(=O)n1-c1ccccc1)CCC3)c1ccc(Cl)s1. The van der Waals surface area contributed by atoms with Crippen molar-refractivity contribution in [3.63, 3.8) is 0 Å². The number of rotatable bonds is 5. The summed E-state index contributed by atoms with van der Waals surface area (Å²) in [5.74, 6) is 0.182. The first kappa shape index (κ1) is 19.1. The van der Waals surface area contributed by atoms with Gasteiger partial charge in [-0.15, -0.1) is 22.7 Å². The molecule has 3 heterocycles. The number of aromatic nitrogens is 2. The number of carbonyl (C=O) groups is 1. The van der Waals surface area contributed by atoms with E-state index in [1.165, 1.54) is 28.0 Å². The van der Waals surface area contributed by atoms with Crippen LogP contribution in [0.3, 0.4) is 0 Å². The van der Waals surface area contributed by atoms with Crippen LogP contribution >= 0.6 is 46.0 Å². The summed E-state index contributed by atoms with van der Waals surface area (Å²) >= 11 is 10.1. The highest BCUT2D eigenvalue weighted by Gasteiger charge is 2.24. The third-order valence-corrected chi connectivity index (χ3v) is 8.30. The van der Waals surface area contributed by atoms with E-state index in [0.29, 0.717) is 14.4 Å². The Balaban J connectivity index is 1.60. The normalized spacial score (nSPS) is 13.1. The quantitative estimate of drug-likeness (QED) is 0.221. The van der Waals surface area contributed by atoms with Crippen LogP contribution in [0.1, 0.15) is 26.5 Å². The lowest BCUT2D eigenvalue weighted by molar-refractivity contribution is 0.102. The zero-order chi connectivity index (χ0) is 20.0. The van der Waals surface area contributed by atoms with Crippen LogP contribution in [0, 0.1) is 0 Å². The molecule has 3 aromatic heterocycles. The van der Waals surface area contributed by atoms with E-state index in [0.717, 1.165) is 40.7 Å². The predicted molar refractivity (Wildman–Crippen MR) is 122 cm³/mol. The lowest BCUT2D eigenvalue weighted by Gasteiger charge is -2.12. The number of para-hydroxylation sites is 1. The number of nitrogens with zero attached hydrogens (tertiary/aromatic N) is 2. The lowest BCUT2D eigenvalue weighted by Crippen LogP contribution is -2.22. The first-order chi connectivity index (χ1) is 14.1. The molecule has 4 aromatic rings. The number of thiophene rings is 2. The van der Waals surface area contributed by atoms with Crippen molar-refractivity contribution in [1.82, 2.24) is 9.55 Å². The fourth-order valence-corrected chi connectivity index (χ4v) is 6.86. The summed E-state index contributed by atoms with van der Waals surface area (Å²) in [6.45, 7) is 0. The maximum Gasteiger partial charge on any atom is 0.267 e. The van der Waals surface area contributed by atoms with Crippen molar-refractivity contribution in [2.24, 2.45) is 0 Å². The van der Waals surface area contributed by atoms with E-state index in [-0.39, 0.29) is 17.1 Å². The summed E-state index contributed by atoms with van der Waals surface area (Å²) < 4.78 is 2.24. The van der Waals surface area contributed by atoms with Crippen molar-refractivity contribution in [2.75, 3.05) is 5.75 Å². The molecule has 0 amide bonds. The van der Waals surface area contributed by atoms with Crippen molar-refractivity contribution in [3.05, 3.63) is 72.5 Å². The van der Waals surface area contributed by atoms with Crippen molar-refractivity contribution < 1.29 is 4.79 Å². The molecule has 0 unspecified atom stereocenters. The van der Waals surface area contributed by atoms with Gasteiger partial charge in [0.25, 0.3) is 5.56 Å². The molecule has 0 aliphatic heterocycles. The highest BCUT2D eigenvalue weighted by molar-refractivity contribution is 7.99. The first-order valence-electron chi connectivity index (χ1n) is 9.16. The molecule has 0 saturated heterocycles. The highest BCUT2D eigenvalue weighted by Crippen LogP contribution is 2.36. The van der Waals surface area contributed by atoms with Crippen LogP contribution in [-0.2, 0) is 12.8 Å². The zero-order valence-electron chi connectivity index (χ0n) is 15.2. The zero-order valence-corrected chi connectivity index (χ0v) is 18.4. The number of ketones is 1. The molecule has 0 radical (unpaired) electrons. The number of Topliss-reactive ketones (excluding diaryl/α,β-unsaturated/α-hetero) is 1. The first-order valence-corrected chi connectivity index (χ1v) is 12.2. The molecular weight excluding hydrogens is 444 g/mol. The fourth-order valence-electron chi connectivity index (χ4n) is 3.59. The van der Waals surface area contributed by atoms with Gasteiger partial charge in [0, 0.05) is 4.88 Å². The Morgan fingerprint density at radius 2 is 1.97 bits per heavy atom. The van der Waals surface area contributed by atoms with Gasteiger partial charge >= 0.3 is 0 Å². The van der Waals surface area contributed by atoms with Crippen molar-refractivity contribution in [1.29, 1.82) is 0 Å². The number of hydrogen-bond donors (Lipinski definition) is 0. The highest BCUT2D eigenvalue weighted by atomic mass is 35.5. The largest absolute Gasteiger partial charge is 0.292 e. The number of fused-ring (bicyclic) bond motifs is 3. The standard InChI is InChI=1S/C21H15ClN2O2S3/c22-17-10-9-16(28-17)14(25)11-27-21-23-19-18(13-7-4-8-15(13)29-19)20(26)24(21)12-5-2-1-3-6-12/h1-3,5-6,9-10H,4,7-8,11H2. The summed E-state index contributed by atoms with van der Waals surface area (Å²) in [5, 5.41) is 1.29. The van der Waals surface area contributed by atoms with E-state index in [4.69, 9.17) is 16.6 Å². The van der Waals surface area contributed by atoms with Crippen LogP contribution in [0.15, 0.2) is 52.4 Å². The van der Waals surface area contributed by atoms with Gasteiger partial charge in [-0.3, -0.25) is 14.2 Å². The summed E-state index contributed by atoms with van der Waals surface area (Å²) in [7, 11) is 0. The molecule has 0 spiro atoms. The molecule has 0 N–H and O–H groups in total. The van der Waals surface area contributed by atoms with Crippen LogP contribution in [-0.4, -0.2) is 21.1 Å². The Bertz CT molecular complexity index is 1290. The molecule has 0 bridgehead atoms. The van der Waals surface area contributed by atoms with Gasteiger partial charge in [-0.2, -0.15) is 0 Å². The maximum atomic E-state index is 13.5. The molecule has 0 saturated carbocycles. The smallest absolute Gasteiger partial charge is 0.267 e. The topological polar surface area (TPSA) is 52.0 Å². The fraction of sp³-hybridized carbons (Fsp3) is 0.190. The van der Waals surface area contributed by atoms with Crippen LogP contribution in [0.2, 0.25) is 4.34 Å². The second-order valence-corrected chi connectivity index (χ2v) is 10.5. The summed E-state index contributed by atoms with van der Waals surface area (Å²) in [4.78, 5) is 33.6. The van der Waals surface area contributed by atoms with E-state index >= 15 is 0 Å². The van der Waals surface area contributed by atoms with E-state index in [9.17, 15) is 9.59 Å². The van der Waals surface area contributed by atoms with Crippen molar-refractivity contribution >= 4 is 62.0 Å². The molecule has 0 atom stereocenters. The van der Waals surface area contributed by atoms with E-state index in [1.54, 1.807) is 28.0 Å². The van der Waals surface area contributed by atoms with Gasteiger partial charge in [0.15, 0.2) is 10.9 Å².